The molecule has 0 radical (unpaired) electrons. The van der Waals surface area contributed by atoms with Gasteiger partial charge in [-0.2, -0.15) is 0 Å². The maximum Gasteiger partial charge on any atom is 0.262 e. The molecular weight excluding hydrogens is 454 g/mol. The van der Waals surface area contributed by atoms with E-state index in [-0.39, 0.29) is 22.6 Å². The van der Waals surface area contributed by atoms with Crippen LogP contribution in [0.15, 0.2) is 53.4 Å². The van der Waals surface area contributed by atoms with Gasteiger partial charge in [-0.15, -0.1) is 0 Å². The highest BCUT2D eigenvalue weighted by atomic mass is 32.2. The summed E-state index contributed by atoms with van der Waals surface area (Å²) in [4.78, 5) is 27.3. The molecule has 0 unspecified atom stereocenters. The summed E-state index contributed by atoms with van der Waals surface area (Å²) in [7, 11) is -2.33. The molecule has 1 aliphatic rings. The van der Waals surface area contributed by atoms with Gasteiger partial charge in [-0.1, -0.05) is 19.9 Å². The summed E-state index contributed by atoms with van der Waals surface area (Å²) in [6.07, 6.45) is 2.46. The number of amides is 2. The van der Waals surface area contributed by atoms with Crippen molar-refractivity contribution in [1.82, 2.24) is 10.2 Å². The lowest BCUT2D eigenvalue weighted by atomic mass is 9.96. The number of nitrogens with one attached hydrogen (secondary N) is 2. The van der Waals surface area contributed by atoms with E-state index in [9.17, 15) is 18.0 Å². The van der Waals surface area contributed by atoms with Crippen molar-refractivity contribution in [2.45, 2.75) is 38.0 Å². The molecule has 0 aliphatic carbocycles. The van der Waals surface area contributed by atoms with Crippen LogP contribution in [0.3, 0.4) is 0 Å². The molecule has 0 bridgehead atoms. The first-order chi connectivity index (χ1) is 16.2. The normalized spacial score (nSPS) is 16.2. The Kier molecular flexibility index (Phi) is 8.55. The molecule has 1 atom stereocenters. The fraction of sp³-hybridized carbons (Fsp3) is 0.440. The van der Waals surface area contributed by atoms with Gasteiger partial charge in [0, 0.05) is 37.0 Å². The second kappa shape index (κ2) is 11.4. The Bertz CT molecular complexity index is 1100. The summed E-state index contributed by atoms with van der Waals surface area (Å²) in [5.74, 6) is 0.589. The highest BCUT2D eigenvalue weighted by molar-refractivity contribution is 7.92. The second-order valence-corrected chi connectivity index (χ2v) is 10.6. The number of piperidine rings is 1. The smallest absolute Gasteiger partial charge is 0.262 e. The van der Waals surface area contributed by atoms with Crippen molar-refractivity contribution in [2.24, 2.45) is 11.8 Å². The molecule has 184 valence electrons. The quantitative estimate of drug-likeness (QED) is 0.563. The predicted molar refractivity (Wildman–Crippen MR) is 131 cm³/mol. The van der Waals surface area contributed by atoms with Gasteiger partial charge in [0.1, 0.15) is 5.75 Å². The summed E-state index contributed by atoms with van der Waals surface area (Å²) in [6, 6.07) is 12.5. The van der Waals surface area contributed by atoms with Crippen LogP contribution in [-0.2, 0) is 14.8 Å². The molecule has 1 aliphatic heterocycles. The minimum Gasteiger partial charge on any atom is -0.497 e. The topological polar surface area (TPSA) is 105 Å². The molecule has 0 aromatic heterocycles. The number of rotatable bonds is 9. The Morgan fingerprint density at radius 3 is 2.56 bits per heavy atom. The van der Waals surface area contributed by atoms with Crippen molar-refractivity contribution in [1.29, 1.82) is 0 Å². The van der Waals surface area contributed by atoms with E-state index in [2.05, 4.69) is 23.9 Å². The maximum absolute atomic E-state index is 13.0. The van der Waals surface area contributed by atoms with Crippen LogP contribution in [0.2, 0.25) is 0 Å². The van der Waals surface area contributed by atoms with Gasteiger partial charge in [0.15, 0.2) is 0 Å². The summed E-state index contributed by atoms with van der Waals surface area (Å²) in [6.45, 7) is 5.86. The Balaban J connectivity index is 1.61. The predicted octanol–water partition coefficient (Wildman–Crippen LogP) is 3.51. The summed E-state index contributed by atoms with van der Waals surface area (Å²) in [5, 5.41) is 2.98. The number of hydrogen-bond donors (Lipinski definition) is 2. The first-order valence-electron chi connectivity index (χ1n) is 11.5. The number of benzene rings is 2. The van der Waals surface area contributed by atoms with Gasteiger partial charge < -0.3 is 15.0 Å². The Labute approximate surface area is 201 Å². The minimum absolute atomic E-state index is 0.000414. The molecule has 0 spiro atoms. The fourth-order valence-corrected chi connectivity index (χ4v) is 4.94. The molecule has 34 heavy (non-hydrogen) atoms. The average molecular weight is 488 g/mol. The van der Waals surface area contributed by atoms with E-state index in [1.165, 1.54) is 19.2 Å². The van der Waals surface area contributed by atoms with Crippen LogP contribution < -0.4 is 14.8 Å². The molecule has 3 rings (SSSR count). The lowest BCUT2D eigenvalue weighted by Crippen LogP contribution is -2.45. The van der Waals surface area contributed by atoms with Gasteiger partial charge in [-0.05, 0) is 61.6 Å². The zero-order valence-electron chi connectivity index (χ0n) is 19.9. The van der Waals surface area contributed by atoms with Gasteiger partial charge in [-0.25, -0.2) is 8.42 Å². The van der Waals surface area contributed by atoms with E-state index in [0.29, 0.717) is 42.6 Å². The Morgan fingerprint density at radius 2 is 1.88 bits per heavy atom. The molecule has 9 heteroatoms. The molecule has 1 heterocycles. The minimum atomic E-state index is -3.80. The third kappa shape index (κ3) is 6.72. The Hall–Kier alpha value is -3.07. The molecule has 2 aromatic rings. The van der Waals surface area contributed by atoms with E-state index in [0.717, 1.165) is 19.3 Å². The first-order valence-corrected chi connectivity index (χ1v) is 13.0. The van der Waals surface area contributed by atoms with Crippen molar-refractivity contribution in [3.63, 3.8) is 0 Å². The van der Waals surface area contributed by atoms with Gasteiger partial charge in [0.2, 0.25) is 5.91 Å². The molecular formula is C25H33N3O5S. The molecule has 1 fully saturated rings. The summed E-state index contributed by atoms with van der Waals surface area (Å²) in [5.41, 5.74) is 0.797. The number of methoxy groups -OCH3 is 1. The molecule has 2 N–H and O–H groups in total. The van der Waals surface area contributed by atoms with Crippen molar-refractivity contribution in [2.75, 3.05) is 31.5 Å². The zero-order chi connectivity index (χ0) is 24.7. The maximum atomic E-state index is 13.0. The molecule has 0 saturated carbocycles. The highest BCUT2D eigenvalue weighted by Gasteiger charge is 2.29. The van der Waals surface area contributed by atoms with Crippen molar-refractivity contribution in [3.8, 4) is 5.75 Å². The van der Waals surface area contributed by atoms with Crippen LogP contribution in [0, 0.1) is 11.8 Å². The second-order valence-electron chi connectivity index (χ2n) is 8.93. The lowest BCUT2D eigenvalue weighted by Gasteiger charge is -2.32. The number of ether oxygens (including phenoxy) is 1. The van der Waals surface area contributed by atoms with Gasteiger partial charge in [0.25, 0.3) is 15.9 Å². The molecule has 2 aromatic carbocycles. The van der Waals surface area contributed by atoms with E-state index in [1.807, 2.05) is 0 Å². The monoisotopic (exact) mass is 487 g/mol. The SMILES string of the molecule is COc1cccc(S(=O)(=O)Nc2ccc(C(=O)N3CCC[C@@H](C(=O)NCCC(C)C)C3)cc2)c1. The molecule has 2 amide bonds. The van der Waals surface area contributed by atoms with Crippen LogP contribution in [0.4, 0.5) is 5.69 Å². The number of nitrogens with zero attached hydrogens (tertiary/aromatic N) is 1. The van der Waals surface area contributed by atoms with E-state index in [1.54, 1.807) is 41.3 Å². The summed E-state index contributed by atoms with van der Waals surface area (Å²) < 4.78 is 32.9. The van der Waals surface area contributed by atoms with E-state index < -0.39 is 10.0 Å². The van der Waals surface area contributed by atoms with Crippen molar-refractivity contribution < 1.29 is 22.7 Å². The molecule has 1 saturated heterocycles. The van der Waals surface area contributed by atoms with Gasteiger partial charge in [0.05, 0.1) is 17.9 Å². The van der Waals surface area contributed by atoms with Gasteiger partial charge >= 0.3 is 0 Å². The third-order valence-corrected chi connectivity index (χ3v) is 7.21. The number of hydrogen-bond acceptors (Lipinski definition) is 5. The first kappa shape index (κ1) is 25.6. The third-order valence-electron chi connectivity index (χ3n) is 5.84. The van der Waals surface area contributed by atoms with E-state index in [4.69, 9.17) is 4.74 Å². The number of carbonyl (C=O) groups is 2. The van der Waals surface area contributed by atoms with Crippen molar-refractivity contribution in [3.05, 3.63) is 54.1 Å². The number of carbonyl (C=O) groups excluding carboxylic acids is 2. The summed E-state index contributed by atoms with van der Waals surface area (Å²) >= 11 is 0. The van der Waals surface area contributed by atoms with Crippen LogP contribution in [0.1, 0.15) is 43.5 Å². The standard InChI is InChI=1S/C25H33N3O5S/c1-18(2)13-14-26-24(29)20-6-5-15-28(17-20)25(30)19-9-11-21(12-10-19)27-34(31,32)23-8-4-7-22(16-23)33-3/h4,7-12,16,18,20,27H,5-6,13-15,17H2,1-3H3,(H,26,29)/t20-/m1/s1. The number of anilines is 1. The zero-order valence-corrected chi connectivity index (χ0v) is 20.7. The highest BCUT2D eigenvalue weighted by Crippen LogP contribution is 2.22. The van der Waals surface area contributed by atoms with Gasteiger partial charge in [-0.3, -0.25) is 14.3 Å². The van der Waals surface area contributed by atoms with Crippen molar-refractivity contribution >= 4 is 27.5 Å². The van der Waals surface area contributed by atoms with Crippen LogP contribution in [0.25, 0.3) is 0 Å². The fourth-order valence-electron chi connectivity index (χ4n) is 3.85. The number of sulfonamides is 1. The molecule has 8 nitrogen and oxygen atoms in total. The largest absolute Gasteiger partial charge is 0.497 e. The van der Waals surface area contributed by atoms with Crippen LogP contribution in [0.5, 0.6) is 5.75 Å². The average Bonchev–Trinajstić information content (AvgIpc) is 2.83. The van der Waals surface area contributed by atoms with E-state index >= 15 is 0 Å². The lowest BCUT2D eigenvalue weighted by molar-refractivity contribution is -0.126. The number of likely N-dealkylation sites (tertiary alicyclic amines) is 1. The Morgan fingerprint density at radius 1 is 1.15 bits per heavy atom. The van der Waals surface area contributed by atoms with Crippen LogP contribution in [-0.4, -0.2) is 51.9 Å². The van der Waals surface area contributed by atoms with Crippen LogP contribution >= 0.6 is 0 Å².